The summed E-state index contributed by atoms with van der Waals surface area (Å²) in [7, 11) is 0. The van der Waals surface area contributed by atoms with Crippen molar-refractivity contribution in [1.29, 1.82) is 0 Å². The first-order valence-electron chi connectivity index (χ1n) is 5.63. The fraction of sp³-hybridized carbons (Fsp3) is 0.154. The van der Waals surface area contributed by atoms with Crippen LogP contribution in [0.4, 0.5) is 19.0 Å². The zero-order valence-corrected chi connectivity index (χ0v) is 10.1. The maximum atomic E-state index is 13.5. The Hall–Kier alpha value is -2.24. The minimum absolute atomic E-state index is 0.0838. The summed E-state index contributed by atoms with van der Waals surface area (Å²) >= 11 is 0. The van der Waals surface area contributed by atoms with Gasteiger partial charge in [0.05, 0.1) is 0 Å². The van der Waals surface area contributed by atoms with E-state index in [9.17, 15) is 13.2 Å². The van der Waals surface area contributed by atoms with E-state index >= 15 is 0 Å². The maximum absolute atomic E-state index is 13.5. The largest absolute Gasteiger partial charge is 0.436 e. The second-order valence-electron chi connectivity index (χ2n) is 3.70. The van der Waals surface area contributed by atoms with Crippen LogP contribution in [0.2, 0.25) is 0 Å². The lowest BCUT2D eigenvalue weighted by Gasteiger charge is -2.09. The van der Waals surface area contributed by atoms with Crippen LogP contribution in [0.1, 0.15) is 6.92 Å². The molecule has 1 heterocycles. The van der Waals surface area contributed by atoms with E-state index < -0.39 is 23.3 Å². The predicted octanol–water partition coefficient (Wildman–Crippen LogP) is 3.72. The van der Waals surface area contributed by atoms with Gasteiger partial charge in [-0.2, -0.15) is 4.98 Å². The number of nitrogens with zero attached hydrogens (tertiary/aromatic N) is 1. The zero-order valence-electron chi connectivity index (χ0n) is 10.1. The van der Waals surface area contributed by atoms with Gasteiger partial charge in [-0.3, -0.25) is 0 Å². The molecule has 0 radical (unpaired) electrons. The van der Waals surface area contributed by atoms with Gasteiger partial charge in [0.1, 0.15) is 11.6 Å². The Bertz CT molecular complexity index is 590. The molecule has 1 N–H and O–H groups in total. The van der Waals surface area contributed by atoms with Gasteiger partial charge in [0.25, 0.3) is 5.88 Å². The molecule has 1 aromatic carbocycles. The van der Waals surface area contributed by atoms with Crippen LogP contribution in [-0.4, -0.2) is 11.5 Å². The monoisotopic (exact) mass is 268 g/mol. The molecule has 2 rings (SSSR count). The van der Waals surface area contributed by atoms with Gasteiger partial charge in [0.2, 0.25) is 0 Å². The van der Waals surface area contributed by atoms with E-state index in [2.05, 4.69) is 10.3 Å². The Balaban J connectivity index is 2.31. The summed E-state index contributed by atoms with van der Waals surface area (Å²) in [5.74, 6) is -2.74. The first kappa shape index (κ1) is 13.2. The van der Waals surface area contributed by atoms with Crippen LogP contribution in [0.25, 0.3) is 0 Å². The molecule has 0 atom stereocenters. The number of hydrogen-bond donors (Lipinski definition) is 1. The predicted molar refractivity (Wildman–Crippen MR) is 64.8 cm³/mol. The Morgan fingerprint density at radius 3 is 2.63 bits per heavy atom. The summed E-state index contributed by atoms with van der Waals surface area (Å²) in [6, 6.07) is 5.83. The van der Waals surface area contributed by atoms with Crippen molar-refractivity contribution in [3.05, 3.63) is 47.8 Å². The van der Waals surface area contributed by atoms with E-state index in [1.807, 2.05) is 0 Å². The Kier molecular flexibility index (Phi) is 3.89. The third-order valence-electron chi connectivity index (χ3n) is 2.25. The first-order chi connectivity index (χ1) is 9.10. The third-order valence-corrected chi connectivity index (χ3v) is 2.25. The molecule has 100 valence electrons. The Morgan fingerprint density at radius 1 is 1.16 bits per heavy atom. The molecule has 0 aliphatic carbocycles. The normalized spacial score (nSPS) is 10.3. The molecule has 0 aliphatic heterocycles. The second-order valence-corrected chi connectivity index (χ2v) is 3.70. The maximum Gasteiger partial charge on any atom is 0.258 e. The number of benzene rings is 1. The number of halogens is 3. The summed E-state index contributed by atoms with van der Waals surface area (Å²) in [6.45, 7) is 2.17. The van der Waals surface area contributed by atoms with Gasteiger partial charge in [0, 0.05) is 18.7 Å². The van der Waals surface area contributed by atoms with Crippen LogP contribution in [0, 0.1) is 17.5 Å². The van der Waals surface area contributed by atoms with Crippen molar-refractivity contribution in [1.82, 2.24) is 4.98 Å². The summed E-state index contributed by atoms with van der Waals surface area (Å²) in [5.41, 5.74) is 0. The van der Waals surface area contributed by atoms with Crippen molar-refractivity contribution in [2.75, 3.05) is 11.9 Å². The van der Waals surface area contributed by atoms with Crippen molar-refractivity contribution >= 4 is 5.82 Å². The van der Waals surface area contributed by atoms with Gasteiger partial charge >= 0.3 is 0 Å². The lowest BCUT2D eigenvalue weighted by Crippen LogP contribution is -2.04. The number of hydrogen-bond acceptors (Lipinski definition) is 3. The highest BCUT2D eigenvalue weighted by Gasteiger charge is 2.13. The van der Waals surface area contributed by atoms with Gasteiger partial charge in [-0.05, 0) is 19.1 Å². The van der Waals surface area contributed by atoms with Crippen LogP contribution >= 0.6 is 0 Å². The molecule has 0 saturated carbocycles. The van der Waals surface area contributed by atoms with Crippen LogP contribution < -0.4 is 10.1 Å². The molecular formula is C13H11F3N2O. The van der Waals surface area contributed by atoms with Gasteiger partial charge in [0.15, 0.2) is 17.5 Å². The third kappa shape index (κ3) is 3.15. The van der Waals surface area contributed by atoms with Crippen LogP contribution in [0.15, 0.2) is 30.3 Å². The van der Waals surface area contributed by atoms with E-state index in [1.54, 1.807) is 6.92 Å². The van der Waals surface area contributed by atoms with Gasteiger partial charge in [-0.15, -0.1) is 0 Å². The van der Waals surface area contributed by atoms with Gasteiger partial charge in [-0.1, -0.05) is 6.07 Å². The van der Waals surface area contributed by atoms with E-state index in [4.69, 9.17) is 4.74 Å². The molecule has 0 saturated heterocycles. The van der Waals surface area contributed by atoms with Crippen LogP contribution in [0.3, 0.4) is 0 Å². The summed E-state index contributed by atoms with van der Waals surface area (Å²) in [4.78, 5) is 3.68. The molecule has 0 fully saturated rings. The molecule has 2 aromatic rings. The molecule has 0 aliphatic rings. The van der Waals surface area contributed by atoms with Crippen molar-refractivity contribution < 1.29 is 17.9 Å². The first-order valence-corrected chi connectivity index (χ1v) is 5.63. The smallest absolute Gasteiger partial charge is 0.258 e. The minimum Gasteiger partial charge on any atom is -0.436 e. The molecule has 6 heteroatoms. The van der Waals surface area contributed by atoms with Gasteiger partial charge < -0.3 is 10.1 Å². The molecule has 1 aromatic heterocycles. The van der Waals surface area contributed by atoms with Crippen molar-refractivity contribution in [2.24, 2.45) is 0 Å². The molecular weight excluding hydrogens is 257 g/mol. The average Bonchev–Trinajstić information content (AvgIpc) is 2.35. The zero-order chi connectivity index (χ0) is 13.8. The summed E-state index contributed by atoms with van der Waals surface area (Å²) < 4.78 is 44.9. The van der Waals surface area contributed by atoms with Crippen molar-refractivity contribution in [3.63, 3.8) is 0 Å². The Morgan fingerprint density at radius 2 is 1.95 bits per heavy atom. The second kappa shape index (κ2) is 5.60. The lowest BCUT2D eigenvalue weighted by atomic mass is 10.3. The molecule has 0 unspecified atom stereocenters. The molecule has 19 heavy (non-hydrogen) atoms. The molecule has 0 bridgehead atoms. The van der Waals surface area contributed by atoms with E-state index in [-0.39, 0.29) is 11.6 Å². The van der Waals surface area contributed by atoms with E-state index in [0.717, 1.165) is 6.07 Å². The van der Waals surface area contributed by atoms with Crippen LogP contribution in [-0.2, 0) is 0 Å². The summed E-state index contributed by atoms with van der Waals surface area (Å²) in [6.07, 6.45) is 0. The lowest BCUT2D eigenvalue weighted by molar-refractivity contribution is 0.415. The Labute approximate surface area is 108 Å². The highest BCUT2D eigenvalue weighted by molar-refractivity contribution is 5.40. The fourth-order valence-corrected chi connectivity index (χ4v) is 1.45. The van der Waals surface area contributed by atoms with E-state index in [0.29, 0.717) is 12.6 Å². The number of nitrogens with one attached hydrogen (secondary N) is 1. The summed E-state index contributed by atoms with van der Waals surface area (Å²) in [5, 5.41) is 2.63. The highest BCUT2D eigenvalue weighted by Crippen LogP contribution is 2.26. The van der Waals surface area contributed by atoms with Gasteiger partial charge in [-0.25, -0.2) is 13.2 Å². The highest BCUT2D eigenvalue weighted by atomic mass is 19.1. The standard InChI is InChI=1S/C13H11F3N2O/c1-2-17-12-10(15)7-11(16)13(18-12)19-9-5-3-4-8(14)6-9/h3-7H,2H2,1H3,(H,17,18). The van der Waals surface area contributed by atoms with E-state index in [1.165, 1.54) is 18.2 Å². The number of rotatable bonds is 4. The average molecular weight is 268 g/mol. The number of ether oxygens (including phenoxy) is 1. The quantitative estimate of drug-likeness (QED) is 0.917. The molecule has 3 nitrogen and oxygen atoms in total. The number of anilines is 1. The number of aromatic nitrogens is 1. The topological polar surface area (TPSA) is 34.2 Å². The van der Waals surface area contributed by atoms with Crippen molar-refractivity contribution in [2.45, 2.75) is 6.92 Å². The minimum atomic E-state index is -0.955. The van der Waals surface area contributed by atoms with Crippen LogP contribution in [0.5, 0.6) is 11.6 Å². The molecule has 0 amide bonds. The SMILES string of the molecule is CCNc1nc(Oc2cccc(F)c2)c(F)cc1F. The van der Waals surface area contributed by atoms with Crippen molar-refractivity contribution in [3.8, 4) is 11.6 Å². The number of pyridine rings is 1. The fourth-order valence-electron chi connectivity index (χ4n) is 1.45. The molecule has 0 spiro atoms.